The van der Waals surface area contributed by atoms with Crippen LogP contribution in [0.1, 0.15) is 5.56 Å². The van der Waals surface area contributed by atoms with E-state index in [0.29, 0.717) is 0 Å². The van der Waals surface area contributed by atoms with Gasteiger partial charge in [-0.05, 0) is 5.56 Å². The fourth-order valence-corrected chi connectivity index (χ4v) is 0.589. The van der Waals surface area contributed by atoms with E-state index in [1.807, 2.05) is 36.4 Å². The Morgan fingerprint density at radius 2 is 1.67 bits per heavy atom. The first-order chi connectivity index (χ1) is 3.93. The number of hydrogen-bond acceptors (Lipinski definition) is 0. The molecule has 0 saturated carbocycles. The molecular formula is C8H8Pb. The zero-order valence-corrected chi connectivity index (χ0v) is 9.06. The Bertz CT molecular complexity index is 167. The summed E-state index contributed by atoms with van der Waals surface area (Å²) < 4.78 is 0. The van der Waals surface area contributed by atoms with Crippen molar-refractivity contribution in [3.8, 4) is 0 Å². The maximum atomic E-state index is 3.63. The minimum Gasteiger partial charge on any atom is -0.0985 e. The summed E-state index contributed by atoms with van der Waals surface area (Å²) in [6, 6.07) is 10.0. The Morgan fingerprint density at radius 3 is 2.00 bits per heavy atom. The predicted molar refractivity (Wildman–Crippen MR) is 42.3 cm³/mol. The van der Waals surface area contributed by atoms with Crippen LogP contribution in [-0.2, 0) is 0 Å². The van der Waals surface area contributed by atoms with E-state index < -0.39 is 0 Å². The van der Waals surface area contributed by atoms with Crippen LogP contribution in [0.3, 0.4) is 0 Å². The zero-order valence-electron chi connectivity index (χ0n) is 5.17. The topological polar surface area (TPSA) is 0 Å². The largest absolute Gasteiger partial charge is 0.0985 e. The molecule has 0 saturated heterocycles. The molecule has 4 radical (unpaired) electrons. The molecule has 1 aromatic rings. The molecule has 44 valence electrons. The first-order valence-corrected chi connectivity index (χ1v) is 2.61. The van der Waals surface area contributed by atoms with E-state index in [1.165, 1.54) is 5.56 Å². The van der Waals surface area contributed by atoms with Gasteiger partial charge in [0, 0.05) is 27.3 Å². The summed E-state index contributed by atoms with van der Waals surface area (Å²) >= 11 is 0. The smallest absolute Gasteiger partial charge is 0 e. The van der Waals surface area contributed by atoms with Gasteiger partial charge < -0.3 is 0 Å². The summed E-state index contributed by atoms with van der Waals surface area (Å²) in [5, 5.41) is 0. The van der Waals surface area contributed by atoms with Crippen LogP contribution in [0.2, 0.25) is 0 Å². The minimum atomic E-state index is 0. The summed E-state index contributed by atoms with van der Waals surface area (Å²) in [7, 11) is 0. The van der Waals surface area contributed by atoms with Crippen molar-refractivity contribution in [1.82, 2.24) is 0 Å². The number of rotatable bonds is 1. The molecule has 0 aliphatic rings. The predicted octanol–water partition coefficient (Wildman–Crippen LogP) is 1.95. The van der Waals surface area contributed by atoms with Gasteiger partial charge in [0.2, 0.25) is 0 Å². The molecule has 1 rings (SSSR count). The van der Waals surface area contributed by atoms with Gasteiger partial charge in [-0.3, -0.25) is 0 Å². The van der Waals surface area contributed by atoms with Crippen LogP contribution < -0.4 is 0 Å². The van der Waals surface area contributed by atoms with Gasteiger partial charge in [0.1, 0.15) is 0 Å². The molecule has 1 aromatic carbocycles. The van der Waals surface area contributed by atoms with Crippen LogP contribution in [-0.4, -0.2) is 27.3 Å². The normalized spacial score (nSPS) is 7.56. The summed E-state index contributed by atoms with van der Waals surface area (Å²) in [5.74, 6) is 0. The maximum Gasteiger partial charge on any atom is 0 e. The Morgan fingerprint density at radius 1 is 1.11 bits per heavy atom. The Labute approximate surface area is 75.8 Å². The van der Waals surface area contributed by atoms with Gasteiger partial charge in [-0.1, -0.05) is 43.0 Å². The van der Waals surface area contributed by atoms with Gasteiger partial charge in [-0.2, -0.15) is 0 Å². The fraction of sp³-hybridized carbons (Fsp3) is 0. The molecule has 0 aromatic heterocycles. The van der Waals surface area contributed by atoms with Gasteiger partial charge in [0.25, 0.3) is 0 Å². The van der Waals surface area contributed by atoms with Crippen molar-refractivity contribution in [3.63, 3.8) is 0 Å². The maximum absolute atomic E-state index is 3.63. The van der Waals surface area contributed by atoms with E-state index in [9.17, 15) is 0 Å². The molecular weight excluding hydrogens is 303 g/mol. The van der Waals surface area contributed by atoms with Crippen molar-refractivity contribution in [2.75, 3.05) is 0 Å². The molecule has 0 nitrogen and oxygen atoms in total. The number of hydrogen-bond donors (Lipinski definition) is 0. The van der Waals surface area contributed by atoms with Crippen molar-refractivity contribution in [3.05, 3.63) is 42.5 Å². The molecule has 0 N–H and O–H groups in total. The quantitative estimate of drug-likeness (QED) is 0.696. The summed E-state index contributed by atoms with van der Waals surface area (Å²) in [6.07, 6.45) is 1.83. The SMILES string of the molecule is C=Cc1ccccc1.[Pb]. The molecule has 0 spiro atoms. The van der Waals surface area contributed by atoms with Crippen molar-refractivity contribution in [2.45, 2.75) is 0 Å². The summed E-state index contributed by atoms with van der Waals surface area (Å²) in [4.78, 5) is 0. The fourth-order valence-electron chi connectivity index (χ4n) is 0.589. The second-order valence-electron chi connectivity index (χ2n) is 1.61. The van der Waals surface area contributed by atoms with Crippen molar-refractivity contribution in [1.29, 1.82) is 0 Å². The van der Waals surface area contributed by atoms with Crippen LogP contribution >= 0.6 is 0 Å². The zero-order chi connectivity index (χ0) is 5.82. The Balaban J connectivity index is 0.000000640. The molecule has 0 aliphatic carbocycles. The Hall–Kier alpha value is -0.118. The van der Waals surface area contributed by atoms with Crippen LogP contribution in [0, 0.1) is 0 Å². The molecule has 0 heterocycles. The minimum absolute atomic E-state index is 0. The molecule has 9 heavy (non-hydrogen) atoms. The summed E-state index contributed by atoms with van der Waals surface area (Å²) in [5.41, 5.74) is 1.17. The van der Waals surface area contributed by atoms with E-state index in [4.69, 9.17) is 0 Å². The Kier molecular flexibility index (Phi) is 4.67. The molecule has 0 aliphatic heterocycles. The van der Waals surface area contributed by atoms with Gasteiger partial charge in [0.05, 0.1) is 0 Å². The first kappa shape index (κ1) is 8.88. The third-order valence-corrected chi connectivity index (χ3v) is 1.04. The molecule has 0 amide bonds. The van der Waals surface area contributed by atoms with E-state index in [0.717, 1.165) is 0 Å². The van der Waals surface area contributed by atoms with E-state index >= 15 is 0 Å². The van der Waals surface area contributed by atoms with E-state index in [2.05, 4.69) is 6.58 Å². The average Bonchev–Trinajstić information content (AvgIpc) is 1.90. The van der Waals surface area contributed by atoms with Crippen LogP contribution in [0.5, 0.6) is 0 Å². The molecule has 0 bridgehead atoms. The standard InChI is InChI=1S/C8H8.Pb/c1-2-8-6-4-3-5-7-8;/h2-7H,1H2;. The van der Waals surface area contributed by atoms with Crippen molar-refractivity contribution < 1.29 is 0 Å². The molecule has 0 fully saturated rings. The number of benzene rings is 1. The van der Waals surface area contributed by atoms with Gasteiger partial charge in [0.15, 0.2) is 0 Å². The molecule has 0 atom stereocenters. The second kappa shape index (κ2) is 4.73. The third kappa shape index (κ3) is 2.79. The summed E-state index contributed by atoms with van der Waals surface area (Å²) in [6.45, 7) is 3.63. The second-order valence-corrected chi connectivity index (χ2v) is 1.61. The first-order valence-electron chi connectivity index (χ1n) is 2.61. The van der Waals surface area contributed by atoms with Gasteiger partial charge in [-0.25, -0.2) is 0 Å². The third-order valence-electron chi connectivity index (χ3n) is 1.04. The van der Waals surface area contributed by atoms with Gasteiger partial charge in [-0.15, -0.1) is 0 Å². The van der Waals surface area contributed by atoms with Crippen molar-refractivity contribution in [2.24, 2.45) is 0 Å². The van der Waals surface area contributed by atoms with Crippen LogP contribution in [0.4, 0.5) is 0 Å². The van der Waals surface area contributed by atoms with E-state index in [1.54, 1.807) is 0 Å². The van der Waals surface area contributed by atoms with Crippen LogP contribution in [0.25, 0.3) is 6.08 Å². The van der Waals surface area contributed by atoms with E-state index in [-0.39, 0.29) is 27.3 Å². The average molecular weight is 311 g/mol. The molecule has 0 unspecified atom stereocenters. The van der Waals surface area contributed by atoms with Crippen LogP contribution in [0.15, 0.2) is 36.9 Å². The van der Waals surface area contributed by atoms with Crippen molar-refractivity contribution >= 4 is 33.4 Å². The monoisotopic (exact) mass is 312 g/mol. The van der Waals surface area contributed by atoms with Gasteiger partial charge >= 0.3 is 0 Å². The molecule has 1 heteroatoms.